The molecule has 1 saturated carbocycles. The van der Waals surface area contributed by atoms with Gasteiger partial charge in [0.25, 0.3) is 0 Å². The molecule has 2 rings (SSSR count). The van der Waals surface area contributed by atoms with Crippen LogP contribution in [0.5, 0.6) is 0 Å². The van der Waals surface area contributed by atoms with Gasteiger partial charge < -0.3 is 10.4 Å². The highest BCUT2D eigenvalue weighted by atomic mass is 35.5. The molecule has 1 aliphatic rings. The number of aliphatic carboxylic acids is 1. The Bertz CT molecular complexity index is 525. The number of hydrogen-bond acceptors (Lipinski definition) is 2. The van der Waals surface area contributed by atoms with Crippen LogP contribution in [0.2, 0.25) is 10.0 Å². The van der Waals surface area contributed by atoms with Gasteiger partial charge in [0.15, 0.2) is 0 Å². The maximum absolute atomic E-state index is 12.1. The third-order valence-corrected chi connectivity index (χ3v) is 4.37. The van der Waals surface area contributed by atoms with Gasteiger partial charge in [0.1, 0.15) is 0 Å². The molecule has 1 fully saturated rings. The SMILES string of the molecule is O=C(O)C1CCC(C(=O)Nc2ccc(Cl)c(Cl)c2)CC1. The highest BCUT2D eigenvalue weighted by molar-refractivity contribution is 6.42. The van der Waals surface area contributed by atoms with Crippen LogP contribution in [0.25, 0.3) is 0 Å². The van der Waals surface area contributed by atoms with E-state index in [9.17, 15) is 9.59 Å². The first-order valence-electron chi connectivity index (χ1n) is 6.46. The van der Waals surface area contributed by atoms with E-state index < -0.39 is 5.97 Å². The van der Waals surface area contributed by atoms with Crippen molar-refractivity contribution >= 4 is 40.8 Å². The maximum atomic E-state index is 12.1. The fourth-order valence-corrected chi connectivity index (χ4v) is 2.72. The van der Waals surface area contributed by atoms with Crippen molar-refractivity contribution in [2.75, 3.05) is 5.32 Å². The third-order valence-electron chi connectivity index (χ3n) is 3.63. The van der Waals surface area contributed by atoms with E-state index in [0.29, 0.717) is 41.4 Å². The second-order valence-electron chi connectivity index (χ2n) is 5.00. The second-order valence-corrected chi connectivity index (χ2v) is 5.82. The average Bonchev–Trinajstić information content (AvgIpc) is 2.43. The molecule has 0 bridgehead atoms. The number of nitrogens with one attached hydrogen (secondary N) is 1. The Labute approximate surface area is 127 Å². The van der Waals surface area contributed by atoms with E-state index in [1.807, 2.05) is 0 Å². The number of carboxylic acid groups (broad SMARTS) is 1. The van der Waals surface area contributed by atoms with Crippen LogP contribution >= 0.6 is 23.2 Å². The quantitative estimate of drug-likeness (QED) is 0.891. The molecule has 1 amide bonds. The van der Waals surface area contributed by atoms with Crippen LogP contribution in [0, 0.1) is 11.8 Å². The molecule has 0 spiro atoms. The van der Waals surface area contributed by atoms with Gasteiger partial charge in [-0.1, -0.05) is 23.2 Å². The lowest BCUT2D eigenvalue weighted by atomic mass is 9.81. The van der Waals surface area contributed by atoms with Gasteiger partial charge >= 0.3 is 5.97 Å². The van der Waals surface area contributed by atoms with E-state index >= 15 is 0 Å². The molecule has 0 radical (unpaired) electrons. The molecule has 4 nitrogen and oxygen atoms in total. The Kier molecular flexibility index (Phi) is 4.89. The molecule has 20 heavy (non-hydrogen) atoms. The molecule has 1 aromatic rings. The van der Waals surface area contributed by atoms with Gasteiger partial charge in [-0.2, -0.15) is 0 Å². The van der Waals surface area contributed by atoms with E-state index in [0.717, 1.165) is 0 Å². The lowest BCUT2D eigenvalue weighted by Crippen LogP contribution is -2.29. The summed E-state index contributed by atoms with van der Waals surface area (Å²) in [4.78, 5) is 23.0. The van der Waals surface area contributed by atoms with E-state index in [1.165, 1.54) is 0 Å². The van der Waals surface area contributed by atoms with Gasteiger partial charge in [-0.15, -0.1) is 0 Å². The standard InChI is InChI=1S/C14H15Cl2NO3/c15-11-6-5-10(7-12(11)16)17-13(18)8-1-3-9(4-2-8)14(19)20/h5-9H,1-4H2,(H,17,18)(H,19,20). The number of hydrogen-bond donors (Lipinski definition) is 2. The number of anilines is 1. The van der Waals surface area contributed by atoms with Gasteiger partial charge in [0.05, 0.1) is 16.0 Å². The predicted molar refractivity (Wildman–Crippen MR) is 78.2 cm³/mol. The van der Waals surface area contributed by atoms with Gasteiger partial charge in [-0.05, 0) is 43.9 Å². The summed E-state index contributed by atoms with van der Waals surface area (Å²) in [6, 6.07) is 4.92. The molecule has 0 unspecified atom stereocenters. The molecule has 0 atom stereocenters. The van der Waals surface area contributed by atoms with Gasteiger partial charge in [-0.3, -0.25) is 9.59 Å². The lowest BCUT2D eigenvalue weighted by Gasteiger charge is -2.25. The number of halogens is 2. The van der Waals surface area contributed by atoms with Crippen LogP contribution < -0.4 is 5.32 Å². The first-order valence-corrected chi connectivity index (χ1v) is 7.21. The van der Waals surface area contributed by atoms with Gasteiger partial charge in [0.2, 0.25) is 5.91 Å². The zero-order valence-electron chi connectivity index (χ0n) is 10.7. The molecule has 6 heteroatoms. The van der Waals surface area contributed by atoms with E-state index in [2.05, 4.69) is 5.32 Å². The van der Waals surface area contributed by atoms with E-state index in [-0.39, 0.29) is 17.7 Å². The molecule has 1 aliphatic carbocycles. The summed E-state index contributed by atoms with van der Waals surface area (Å²) in [5.74, 6) is -1.32. The minimum absolute atomic E-state index is 0.0905. The molecular weight excluding hydrogens is 301 g/mol. The van der Waals surface area contributed by atoms with E-state index in [4.69, 9.17) is 28.3 Å². The van der Waals surface area contributed by atoms with Crippen LogP contribution in [-0.2, 0) is 9.59 Å². The van der Waals surface area contributed by atoms with Gasteiger partial charge in [0, 0.05) is 11.6 Å². The second kappa shape index (κ2) is 6.46. The Morgan fingerprint density at radius 3 is 2.20 bits per heavy atom. The predicted octanol–water partition coefficient (Wildman–Crippen LogP) is 3.82. The van der Waals surface area contributed by atoms with Crippen molar-refractivity contribution in [2.24, 2.45) is 11.8 Å². The number of carboxylic acids is 1. The summed E-state index contributed by atoms with van der Waals surface area (Å²) in [7, 11) is 0. The number of carbonyl (C=O) groups is 2. The Morgan fingerprint density at radius 1 is 1.05 bits per heavy atom. The number of benzene rings is 1. The molecule has 0 aliphatic heterocycles. The van der Waals surface area contributed by atoms with Crippen LogP contribution in [0.15, 0.2) is 18.2 Å². The summed E-state index contributed by atoms with van der Waals surface area (Å²) in [5, 5.41) is 12.5. The zero-order valence-corrected chi connectivity index (χ0v) is 12.2. The molecule has 0 saturated heterocycles. The van der Waals surface area contributed by atoms with Crippen LogP contribution in [0.1, 0.15) is 25.7 Å². The Balaban J connectivity index is 1.92. The fraction of sp³-hybridized carbons (Fsp3) is 0.429. The summed E-state index contributed by atoms with van der Waals surface area (Å²) >= 11 is 11.7. The highest BCUT2D eigenvalue weighted by Gasteiger charge is 2.29. The summed E-state index contributed by atoms with van der Waals surface area (Å²) in [5.41, 5.74) is 0.602. The van der Waals surface area contributed by atoms with Crippen molar-refractivity contribution in [3.8, 4) is 0 Å². The first kappa shape index (κ1) is 15.1. The smallest absolute Gasteiger partial charge is 0.306 e. The maximum Gasteiger partial charge on any atom is 0.306 e. The summed E-state index contributed by atoms with van der Waals surface area (Å²) in [6.07, 6.45) is 2.30. The van der Waals surface area contributed by atoms with Crippen LogP contribution in [-0.4, -0.2) is 17.0 Å². The Hall–Kier alpha value is -1.26. The lowest BCUT2D eigenvalue weighted by molar-refractivity contribution is -0.143. The zero-order chi connectivity index (χ0) is 14.7. The van der Waals surface area contributed by atoms with Crippen molar-refractivity contribution in [1.29, 1.82) is 0 Å². The molecular formula is C14H15Cl2NO3. The fourth-order valence-electron chi connectivity index (χ4n) is 2.42. The van der Waals surface area contributed by atoms with Crippen LogP contribution in [0.4, 0.5) is 5.69 Å². The number of rotatable bonds is 3. The monoisotopic (exact) mass is 315 g/mol. The summed E-state index contributed by atoms with van der Waals surface area (Å²) in [6.45, 7) is 0. The first-order chi connectivity index (χ1) is 9.47. The van der Waals surface area contributed by atoms with Gasteiger partial charge in [-0.25, -0.2) is 0 Å². The molecule has 2 N–H and O–H groups in total. The number of carbonyl (C=O) groups excluding carboxylic acids is 1. The summed E-state index contributed by atoms with van der Waals surface area (Å²) < 4.78 is 0. The van der Waals surface area contributed by atoms with E-state index in [1.54, 1.807) is 18.2 Å². The average molecular weight is 316 g/mol. The largest absolute Gasteiger partial charge is 0.481 e. The minimum Gasteiger partial charge on any atom is -0.481 e. The molecule has 0 heterocycles. The van der Waals surface area contributed by atoms with Crippen molar-refractivity contribution in [2.45, 2.75) is 25.7 Å². The van der Waals surface area contributed by atoms with Crippen LogP contribution in [0.3, 0.4) is 0 Å². The van der Waals surface area contributed by atoms with Crippen molar-refractivity contribution in [3.63, 3.8) is 0 Å². The van der Waals surface area contributed by atoms with Crippen molar-refractivity contribution in [3.05, 3.63) is 28.2 Å². The van der Waals surface area contributed by atoms with Crippen molar-refractivity contribution < 1.29 is 14.7 Å². The highest BCUT2D eigenvalue weighted by Crippen LogP contribution is 2.30. The number of amides is 1. The molecule has 108 valence electrons. The molecule has 0 aromatic heterocycles. The molecule has 1 aromatic carbocycles. The normalized spacial score (nSPS) is 22.3. The van der Waals surface area contributed by atoms with Crippen molar-refractivity contribution in [1.82, 2.24) is 0 Å². The Morgan fingerprint density at radius 2 is 1.65 bits per heavy atom. The topological polar surface area (TPSA) is 66.4 Å². The third kappa shape index (κ3) is 3.64. The minimum atomic E-state index is -0.770.